The zero-order valence-corrected chi connectivity index (χ0v) is 15.0. The number of likely N-dealkylation sites (N-methyl/N-ethyl adjacent to an activating group) is 1. The Morgan fingerprint density at radius 2 is 1.96 bits per heavy atom. The van der Waals surface area contributed by atoms with E-state index in [2.05, 4.69) is 34.1 Å². The Morgan fingerprint density at radius 1 is 1.25 bits per heavy atom. The van der Waals surface area contributed by atoms with E-state index in [0.717, 1.165) is 39.1 Å². The van der Waals surface area contributed by atoms with Gasteiger partial charge in [0, 0.05) is 51.4 Å². The number of carbonyl (C=O) groups is 1. The molecular weight excluding hydrogens is 306 g/mol. The molecule has 1 amide bonds. The van der Waals surface area contributed by atoms with Gasteiger partial charge >= 0.3 is 0 Å². The van der Waals surface area contributed by atoms with Gasteiger partial charge in [0.15, 0.2) is 0 Å². The molecule has 0 bridgehead atoms. The van der Waals surface area contributed by atoms with Crippen LogP contribution in [0.1, 0.15) is 37.7 Å². The lowest BCUT2D eigenvalue weighted by molar-refractivity contribution is 0.0877. The average Bonchev–Trinajstić information content (AvgIpc) is 2.61. The van der Waals surface area contributed by atoms with Gasteiger partial charge < -0.3 is 10.2 Å². The maximum atomic E-state index is 12.3. The van der Waals surface area contributed by atoms with Crippen LogP contribution < -0.4 is 10.9 Å². The summed E-state index contributed by atoms with van der Waals surface area (Å²) in [5, 5.41) is 7.08. The van der Waals surface area contributed by atoms with E-state index in [1.807, 2.05) is 6.92 Å². The Kier molecular flexibility index (Phi) is 6.93. The molecule has 1 aliphatic heterocycles. The van der Waals surface area contributed by atoms with Gasteiger partial charge in [0.05, 0.1) is 0 Å². The third-order valence-corrected chi connectivity index (χ3v) is 4.57. The van der Waals surface area contributed by atoms with Crippen molar-refractivity contribution in [2.75, 3.05) is 39.3 Å². The highest BCUT2D eigenvalue weighted by Crippen LogP contribution is 2.05. The first-order valence-electron chi connectivity index (χ1n) is 8.88. The fourth-order valence-corrected chi connectivity index (χ4v) is 2.92. The second-order valence-corrected chi connectivity index (χ2v) is 6.31. The third kappa shape index (κ3) is 4.88. The van der Waals surface area contributed by atoms with Crippen LogP contribution in [0.5, 0.6) is 0 Å². The number of carbonyl (C=O) groups excluding carboxylic acids is 1. The quantitative estimate of drug-likeness (QED) is 0.781. The third-order valence-electron chi connectivity index (χ3n) is 4.57. The van der Waals surface area contributed by atoms with E-state index in [1.165, 1.54) is 16.8 Å². The standard InChI is InChI=1S/C17H29N5O2/c1-4-8-22-16(23)7-6-15(19-22)17(24)18-13-14(3)21-11-9-20(5-2)10-12-21/h6-7,14H,4-5,8-13H2,1-3H3,(H,18,24)/t14-/m0/s1. The lowest BCUT2D eigenvalue weighted by atomic mass is 10.2. The highest BCUT2D eigenvalue weighted by molar-refractivity contribution is 5.91. The normalized spacial score (nSPS) is 17.6. The van der Waals surface area contributed by atoms with Crippen molar-refractivity contribution in [1.82, 2.24) is 24.9 Å². The molecule has 1 N–H and O–H groups in total. The molecule has 1 aromatic heterocycles. The molecule has 7 nitrogen and oxygen atoms in total. The first kappa shape index (κ1) is 18.6. The topological polar surface area (TPSA) is 70.5 Å². The van der Waals surface area contributed by atoms with Crippen molar-refractivity contribution in [2.24, 2.45) is 0 Å². The highest BCUT2D eigenvalue weighted by atomic mass is 16.2. The molecule has 7 heteroatoms. The number of nitrogens with zero attached hydrogens (tertiary/aromatic N) is 4. The van der Waals surface area contributed by atoms with E-state index in [0.29, 0.717) is 18.8 Å². The molecule has 0 spiro atoms. The SMILES string of the molecule is CCCn1nc(C(=O)NC[C@H](C)N2CCN(CC)CC2)ccc1=O. The second-order valence-electron chi connectivity index (χ2n) is 6.31. The summed E-state index contributed by atoms with van der Waals surface area (Å²) in [7, 11) is 0. The van der Waals surface area contributed by atoms with E-state index in [9.17, 15) is 9.59 Å². The number of hydrogen-bond donors (Lipinski definition) is 1. The molecule has 1 fully saturated rings. The fraction of sp³-hybridized carbons (Fsp3) is 0.706. The Labute approximate surface area is 143 Å². The van der Waals surface area contributed by atoms with Gasteiger partial charge in [-0.25, -0.2) is 4.68 Å². The van der Waals surface area contributed by atoms with Gasteiger partial charge in [-0.2, -0.15) is 5.10 Å². The lowest BCUT2D eigenvalue weighted by Gasteiger charge is -2.37. The summed E-state index contributed by atoms with van der Waals surface area (Å²) in [6.07, 6.45) is 0.804. The Bertz CT molecular complexity index is 593. The van der Waals surface area contributed by atoms with Crippen molar-refractivity contribution >= 4 is 5.91 Å². The van der Waals surface area contributed by atoms with Gasteiger partial charge in [-0.1, -0.05) is 13.8 Å². The minimum atomic E-state index is -0.223. The number of rotatable bonds is 7. The number of amides is 1. The summed E-state index contributed by atoms with van der Waals surface area (Å²) < 4.78 is 1.35. The van der Waals surface area contributed by atoms with Gasteiger partial charge in [0.1, 0.15) is 5.69 Å². The zero-order chi connectivity index (χ0) is 17.5. The van der Waals surface area contributed by atoms with Crippen LogP contribution in [-0.2, 0) is 6.54 Å². The van der Waals surface area contributed by atoms with E-state index < -0.39 is 0 Å². The monoisotopic (exact) mass is 335 g/mol. The van der Waals surface area contributed by atoms with Crippen LogP contribution in [-0.4, -0.2) is 70.8 Å². The van der Waals surface area contributed by atoms with Gasteiger partial charge in [-0.3, -0.25) is 14.5 Å². The molecule has 1 aromatic rings. The first-order valence-corrected chi connectivity index (χ1v) is 8.88. The molecule has 1 atom stereocenters. The van der Waals surface area contributed by atoms with Crippen LogP contribution in [0.15, 0.2) is 16.9 Å². The molecule has 1 saturated heterocycles. The van der Waals surface area contributed by atoms with Crippen LogP contribution in [0.4, 0.5) is 0 Å². The molecule has 2 rings (SSSR count). The average molecular weight is 335 g/mol. The summed E-state index contributed by atoms with van der Waals surface area (Å²) in [5.41, 5.74) is 0.126. The number of piperazine rings is 1. The fourth-order valence-electron chi connectivity index (χ4n) is 2.92. The maximum Gasteiger partial charge on any atom is 0.271 e. The van der Waals surface area contributed by atoms with Gasteiger partial charge in [0.2, 0.25) is 0 Å². The lowest BCUT2D eigenvalue weighted by Crippen LogP contribution is -2.52. The van der Waals surface area contributed by atoms with Crippen molar-refractivity contribution in [3.05, 3.63) is 28.2 Å². The second kappa shape index (κ2) is 8.94. The predicted molar refractivity (Wildman–Crippen MR) is 94.3 cm³/mol. The van der Waals surface area contributed by atoms with Crippen LogP contribution in [0.3, 0.4) is 0 Å². The summed E-state index contributed by atoms with van der Waals surface area (Å²) in [5.74, 6) is -0.223. The van der Waals surface area contributed by atoms with Crippen LogP contribution >= 0.6 is 0 Å². The van der Waals surface area contributed by atoms with Gasteiger partial charge in [-0.05, 0) is 26.0 Å². The predicted octanol–water partition coefficient (Wildman–Crippen LogP) is 0.409. The molecule has 24 heavy (non-hydrogen) atoms. The van der Waals surface area contributed by atoms with Crippen molar-refractivity contribution in [2.45, 2.75) is 39.8 Å². The molecule has 0 radical (unpaired) electrons. The molecule has 0 aromatic carbocycles. The van der Waals surface area contributed by atoms with Gasteiger partial charge in [-0.15, -0.1) is 0 Å². The number of aryl methyl sites for hydroxylation is 1. The molecule has 0 saturated carbocycles. The van der Waals surface area contributed by atoms with Crippen molar-refractivity contribution in [3.8, 4) is 0 Å². The molecule has 1 aliphatic rings. The first-order chi connectivity index (χ1) is 11.5. The Morgan fingerprint density at radius 3 is 2.58 bits per heavy atom. The van der Waals surface area contributed by atoms with Gasteiger partial charge in [0.25, 0.3) is 11.5 Å². The molecule has 0 unspecified atom stereocenters. The van der Waals surface area contributed by atoms with Crippen molar-refractivity contribution < 1.29 is 4.79 Å². The molecular formula is C17H29N5O2. The van der Waals surface area contributed by atoms with E-state index in [-0.39, 0.29) is 17.5 Å². The minimum Gasteiger partial charge on any atom is -0.349 e. The summed E-state index contributed by atoms with van der Waals surface area (Å²) in [6.45, 7) is 12.7. The summed E-state index contributed by atoms with van der Waals surface area (Å²) >= 11 is 0. The van der Waals surface area contributed by atoms with Crippen LogP contribution in [0.2, 0.25) is 0 Å². The largest absolute Gasteiger partial charge is 0.349 e. The number of aromatic nitrogens is 2. The zero-order valence-electron chi connectivity index (χ0n) is 15.0. The smallest absolute Gasteiger partial charge is 0.271 e. The Balaban J connectivity index is 1.86. The molecule has 134 valence electrons. The van der Waals surface area contributed by atoms with Crippen molar-refractivity contribution in [1.29, 1.82) is 0 Å². The minimum absolute atomic E-state index is 0.171. The van der Waals surface area contributed by atoms with Crippen molar-refractivity contribution in [3.63, 3.8) is 0 Å². The van der Waals surface area contributed by atoms with E-state index in [1.54, 1.807) is 0 Å². The van der Waals surface area contributed by atoms with E-state index in [4.69, 9.17) is 0 Å². The molecule has 0 aliphatic carbocycles. The highest BCUT2D eigenvalue weighted by Gasteiger charge is 2.20. The maximum absolute atomic E-state index is 12.3. The van der Waals surface area contributed by atoms with Crippen LogP contribution in [0.25, 0.3) is 0 Å². The summed E-state index contributed by atoms with van der Waals surface area (Å²) in [6, 6.07) is 3.19. The number of nitrogens with one attached hydrogen (secondary N) is 1. The van der Waals surface area contributed by atoms with Crippen LogP contribution in [0, 0.1) is 0 Å². The number of hydrogen-bond acceptors (Lipinski definition) is 5. The van der Waals surface area contributed by atoms with E-state index >= 15 is 0 Å². The molecule has 2 heterocycles. The summed E-state index contributed by atoms with van der Waals surface area (Å²) in [4.78, 5) is 28.8. The Hall–Kier alpha value is -1.73.